The standard InChI is InChI=1S/C51H32N4S/c1-4-16-33(17-5-1)49-52-50(34-18-6-2-7-19-34)54-51(53-49)43-24-11-10-22-38(43)40-26-15-28-42-41-27-14-25-37(47(41)56-48(40)42)35-30-31-46-44(32-35)39-23-12-13-29-45(39)55(46)36-20-8-3-9-21-36/h1-32H. The molecule has 0 spiro atoms. The van der Waals surface area contributed by atoms with E-state index in [4.69, 9.17) is 15.0 Å². The van der Waals surface area contributed by atoms with Crippen molar-refractivity contribution in [3.05, 3.63) is 194 Å². The number of rotatable bonds is 6. The molecule has 11 rings (SSSR count). The van der Waals surface area contributed by atoms with Gasteiger partial charge in [-0.2, -0.15) is 0 Å². The Labute approximate surface area is 327 Å². The highest BCUT2D eigenvalue weighted by Crippen LogP contribution is 2.46. The quantitative estimate of drug-likeness (QED) is 0.171. The van der Waals surface area contributed by atoms with Crippen molar-refractivity contribution >= 4 is 53.3 Å². The summed E-state index contributed by atoms with van der Waals surface area (Å²) in [4.78, 5) is 15.2. The Morgan fingerprint density at radius 1 is 0.321 bits per heavy atom. The van der Waals surface area contributed by atoms with Crippen LogP contribution in [-0.2, 0) is 0 Å². The van der Waals surface area contributed by atoms with Crippen molar-refractivity contribution in [3.8, 4) is 62.1 Å². The van der Waals surface area contributed by atoms with Gasteiger partial charge in [0.25, 0.3) is 0 Å². The van der Waals surface area contributed by atoms with Gasteiger partial charge in [0.15, 0.2) is 17.5 Å². The Hall–Kier alpha value is -7.21. The molecule has 3 aromatic heterocycles. The molecule has 8 aromatic carbocycles. The summed E-state index contributed by atoms with van der Waals surface area (Å²) in [5.74, 6) is 1.95. The average Bonchev–Trinajstić information content (AvgIpc) is 3.83. The summed E-state index contributed by atoms with van der Waals surface area (Å²) in [5, 5.41) is 5.00. The minimum atomic E-state index is 0.648. The monoisotopic (exact) mass is 732 g/mol. The number of fused-ring (bicyclic) bond motifs is 6. The highest BCUT2D eigenvalue weighted by Gasteiger charge is 2.20. The molecule has 3 heterocycles. The molecule has 0 aliphatic heterocycles. The second-order valence-corrected chi connectivity index (χ2v) is 15.0. The Kier molecular flexibility index (Phi) is 7.64. The van der Waals surface area contributed by atoms with E-state index in [-0.39, 0.29) is 0 Å². The van der Waals surface area contributed by atoms with Crippen LogP contribution in [0.5, 0.6) is 0 Å². The van der Waals surface area contributed by atoms with Gasteiger partial charge in [-0.15, -0.1) is 11.3 Å². The third kappa shape index (κ3) is 5.32. The van der Waals surface area contributed by atoms with E-state index in [1.807, 2.05) is 72.0 Å². The lowest BCUT2D eigenvalue weighted by Crippen LogP contribution is -2.01. The van der Waals surface area contributed by atoms with Crippen molar-refractivity contribution in [1.29, 1.82) is 0 Å². The molecule has 0 aliphatic carbocycles. The minimum absolute atomic E-state index is 0.648. The first-order valence-corrected chi connectivity index (χ1v) is 19.6. The summed E-state index contributed by atoms with van der Waals surface area (Å²) >= 11 is 1.86. The lowest BCUT2D eigenvalue weighted by atomic mass is 9.96. The largest absolute Gasteiger partial charge is 0.309 e. The third-order valence-electron chi connectivity index (χ3n) is 10.7. The first kappa shape index (κ1) is 32.2. The molecule has 0 saturated heterocycles. The van der Waals surface area contributed by atoms with Crippen molar-refractivity contribution in [3.63, 3.8) is 0 Å². The molecule has 4 nitrogen and oxygen atoms in total. The molecule has 0 fully saturated rings. The maximum absolute atomic E-state index is 5.11. The fourth-order valence-corrected chi connectivity index (χ4v) is 9.46. The second kappa shape index (κ2) is 13.3. The SMILES string of the molecule is c1ccc(-c2nc(-c3ccccc3)nc(-c3ccccc3-c3cccc4c3sc3c(-c5ccc6c(c5)c5ccccc5n6-c5ccccc5)cccc34)n2)cc1. The summed E-state index contributed by atoms with van der Waals surface area (Å²) in [5.41, 5.74) is 11.1. The Morgan fingerprint density at radius 3 is 1.52 bits per heavy atom. The van der Waals surface area contributed by atoms with E-state index in [0.29, 0.717) is 17.5 Å². The zero-order valence-corrected chi connectivity index (χ0v) is 31.0. The smallest absolute Gasteiger partial charge is 0.164 e. The van der Waals surface area contributed by atoms with Crippen molar-refractivity contribution in [1.82, 2.24) is 19.5 Å². The molecule has 0 N–H and O–H groups in total. The molecule has 0 radical (unpaired) electrons. The first-order valence-electron chi connectivity index (χ1n) is 18.8. The summed E-state index contributed by atoms with van der Waals surface area (Å²) in [6.07, 6.45) is 0. The molecule has 0 bridgehead atoms. The normalized spacial score (nSPS) is 11.6. The van der Waals surface area contributed by atoms with Crippen LogP contribution in [0, 0.1) is 0 Å². The van der Waals surface area contributed by atoms with Gasteiger partial charge in [-0.1, -0.05) is 164 Å². The van der Waals surface area contributed by atoms with Gasteiger partial charge < -0.3 is 4.57 Å². The van der Waals surface area contributed by atoms with Gasteiger partial charge in [0, 0.05) is 58.9 Å². The fourth-order valence-electron chi connectivity index (χ4n) is 8.10. The highest BCUT2D eigenvalue weighted by atomic mass is 32.1. The van der Waals surface area contributed by atoms with Crippen molar-refractivity contribution in [2.24, 2.45) is 0 Å². The highest BCUT2D eigenvalue weighted by molar-refractivity contribution is 7.26. The van der Waals surface area contributed by atoms with Gasteiger partial charge in [-0.25, -0.2) is 15.0 Å². The van der Waals surface area contributed by atoms with Crippen LogP contribution < -0.4 is 0 Å². The second-order valence-electron chi connectivity index (χ2n) is 14.0. The predicted octanol–water partition coefficient (Wildman–Crippen LogP) is 13.7. The summed E-state index contributed by atoms with van der Waals surface area (Å²) in [7, 11) is 0. The fraction of sp³-hybridized carbons (Fsp3) is 0. The Bertz CT molecular complexity index is 3180. The van der Waals surface area contributed by atoms with Gasteiger partial charge in [-0.3, -0.25) is 0 Å². The topological polar surface area (TPSA) is 43.6 Å². The number of aromatic nitrogens is 4. The number of hydrogen-bond donors (Lipinski definition) is 0. The molecule has 0 aliphatic rings. The number of nitrogens with zero attached hydrogens (tertiary/aromatic N) is 4. The number of hydrogen-bond acceptors (Lipinski definition) is 4. The zero-order valence-electron chi connectivity index (χ0n) is 30.2. The lowest BCUT2D eigenvalue weighted by Gasteiger charge is -2.12. The van der Waals surface area contributed by atoms with Crippen LogP contribution in [-0.4, -0.2) is 19.5 Å². The number of para-hydroxylation sites is 2. The van der Waals surface area contributed by atoms with Gasteiger partial charge in [0.05, 0.1) is 11.0 Å². The van der Waals surface area contributed by atoms with E-state index in [0.717, 1.165) is 33.5 Å². The lowest BCUT2D eigenvalue weighted by molar-refractivity contribution is 1.07. The van der Waals surface area contributed by atoms with Crippen LogP contribution in [0.2, 0.25) is 0 Å². The van der Waals surface area contributed by atoms with Crippen molar-refractivity contribution in [2.75, 3.05) is 0 Å². The van der Waals surface area contributed by atoms with E-state index >= 15 is 0 Å². The molecule has 56 heavy (non-hydrogen) atoms. The molecule has 0 saturated carbocycles. The van der Waals surface area contributed by atoms with Gasteiger partial charge >= 0.3 is 0 Å². The minimum Gasteiger partial charge on any atom is -0.309 e. The summed E-state index contributed by atoms with van der Waals surface area (Å²) < 4.78 is 4.89. The molecule has 0 amide bonds. The van der Waals surface area contributed by atoms with Crippen LogP contribution in [0.1, 0.15) is 0 Å². The van der Waals surface area contributed by atoms with Crippen molar-refractivity contribution in [2.45, 2.75) is 0 Å². The first-order chi connectivity index (χ1) is 27.8. The number of benzene rings is 8. The van der Waals surface area contributed by atoms with Crippen LogP contribution >= 0.6 is 11.3 Å². The maximum Gasteiger partial charge on any atom is 0.164 e. The van der Waals surface area contributed by atoms with E-state index in [1.165, 1.54) is 53.1 Å². The van der Waals surface area contributed by atoms with Crippen LogP contribution in [0.3, 0.4) is 0 Å². The van der Waals surface area contributed by atoms with E-state index in [9.17, 15) is 0 Å². The van der Waals surface area contributed by atoms with E-state index in [1.54, 1.807) is 0 Å². The molecule has 0 atom stereocenters. The maximum atomic E-state index is 5.11. The molecule has 5 heteroatoms. The third-order valence-corrected chi connectivity index (χ3v) is 12.0. The van der Waals surface area contributed by atoms with Crippen LogP contribution in [0.4, 0.5) is 0 Å². The predicted molar refractivity (Wildman–Crippen MR) is 234 cm³/mol. The Morgan fingerprint density at radius 2 is 0.821 bits per heavy atom. The number of thiophene rings is 1. The van der Waals surface area contributed by atoms with Crippen LogP contribution in [0.25, 0.3) is 104 Å². The van der Waals surface area contributed by atoms with E-state index in [2.05, 4.69) is 138 Å². The molecule has 11 aromatic rings. The Balaban J connectivity index is 1.09. The molecule has 0 unspecified atom stereocenters. The average molecular weight is 733 g/mol. The van der Waals surface area contributed by atoms with Crippen LogP contribution in [0.15, 0.2) is 194 Å². The van der Waals surface area contributed by atoms with Gasteiger partial charge in [0.1, 0.15) is 0 Å². The van der Waals surface area contributed by atoms with Crippen molar-refractivity contribution < 1.29 is 0 Å². The molecular weight excluding hydrogens is 701 g/mol. The molecular formula is C51H32N4S. The van der Waals surface area contributed by atoms with Gasteiger partial charge in [0.2, 0.25) is 0 Å². The zero-order chi connectivity index (χ0) is 37.0. The summed E-state index contributed by atoms with van der Waals surface area (Å²) in [6, 6.07) is 68.5. The summed E-state index contributed by atoms with van der Waals surface area (Å²) in [6.45, 7) is 0. The van der Waals surface area contributed by atoms with E-state index < -0.39 is 0 Å². The van der Waals surface area contributed by atoms with Gasteiger partial charge in [-0.05, 0) is 47.0 Å². The molecule has 262 valence electrons.